The second-order valence-corrected chi connectivity index (χ2v) is 11.4. The first-order chi connectivity index (χ1) is 23.2. The molecule has 306 valence electrons. The van der Waals surface area contributed by atoms with Crippen molar-refractivity contribution in [2.24, 2.45) is 51.6 Å². The Morgan fingerprint density at radius 3 is 0.938 bits per heavy atom. The summed E-state index contributed by atoms with van der Waals surface area (Å²) in [5.41, 5.74) is 46.1. The van der Waals surface area contributed by atoms with E-state index in [0.717, 1.165) is 103 Å². The normalized spacial score (nSPS) is 8.62. The molecule has 0 spiro atoms. The van der Waals surface area contributed by atoms with Crippen LogP contribution in [0.25, 0.3) is 0 Å². The molecule has 0 aromatic heterocycles. The van der Waals surface area contributed by atoms with E-state index in [4.69, 9.17) is 56.3 Å². The van der Waals surface area contributed by atoms with Crippen LogP contribution in [0.15, 0.2) is 0 Å². The third-order valence-electron chi connectivity index (χ3n) is 4.43. The number of nitrogens with two attached hydrogens (primary N) is 9. The second-order valence-electron chi connectivity index (χ2n) is 9.40. The van der Waals surface area contributed by atoms with Gasteiger partial charge in [0.25, 0.3) is 0 Å². The molecule has 0 saturated heterocycles. The number of thioether (sulfide) groups is 2. The van der Waals surface area contributed by atoms with E-state index in [1.54, 1.807) is 26.0 Å². The summed E-state index contributed by atoms with van der Waals surface area (Å²) in [5.74, 6) is 2.29. The second kappa shape index (κ2) is 110. The average Bonchev–Trinajstić information content (AvgIpc) is 3.11. The van der Waals surface area contributed by atoms with Gasteiger partial charge >= 0.3 is 0 Å². The van der Waals surface area contributed by atoms with Crippen molar-refractivity contribution in [1.29, 1.82) is 0 Å². The Bertz CT molecular complexity index is 272. The van der Waals surface area contributed by atoms with Crippen molar-refractivity contribution in [3.63, 3.8) is 0 Å². The van der Waals surface area contributed by atoms with E-state index >= 15 is 0 Å². The van der Waals surface area contributed by atoms with Crippen molar-refractivity contribution in [3.05, 3.63) is 0 Å². The number of nitrogens with one attached hydrogen (secondary N) is 2. The van der Waals surface area contributed by atoms with Gasteiger partial charge in [-0.05, 0) is 117 Å². The van der Waals surface area contributed by atoms with Crippen molar-refractivity contribution in [2.75, 3.05) is 138 Å². The Hall–Kier alpha value is 0.180. The standard InChI is InChI=1S/C5H13N.C4H12N2.C4H11NO.C4H11NS.C4H11N.C3H10N2.C3H9NO.C3H9NS.C3H9N/c1-2-3-4-5-6;3*1-6-4-2-3-5;1-2-3-4-5;3*1-5-3-2-4;1-2-3-4/h2-6H2,1H3;6H,2-5H2,1H3;2*2-5H2,1H3;2-5H2,1H3;5H,2-4H2,1H3;2*2-4H2,1H3;2-4H2,1H3. The molecule has 0 aliphatic heterocycles. The zero-order valence-corrected chi connectivity index (χ0v) is 35.4. The lowest BCUT2D eigenvalue weighted by Crippen LogP contribution is -2.17. The summed E-state index contributed by atoms with van der Waals surface area (Å²) in [6.45, 7) is 16.8. The molecule has 48 heavy (non-hydrogen) atoms. The van der Waals surface area contributed by atoms with Gasteiger partial charge in [-0.2, -0.15) is 23.5 Å². The first-order valence-electron chi connectivity index (χ1n) is 17.8. The molecular formula is C33H95N11O2S2. The lowest BCUT2D eigenvalue weighted by atomic mass is 10.3. The zero-order valence-electron chi connectivity index (χ0n) is 33.8. The monoisotopic (exact) mass is 742 g/mol. The van der Waals surface area contributed by atoms with E-state index < -0.39 is 0 Å². The molecular weight excluding hydrogens is 647 g/mol. The number of ether oxygens (including phenoxy) is 2. The van der Waals surface area contributed by atoms with Gasteiger partial charge in [-0.15, -0.1) is 0 Å². The van der Waals surface area contributed by atoms with E-state index in [0.29, 0.717) is 13.2 Å². The summed E-state index contributed by atoms with van der Waals surface area (Å²) in [6.07, 6.45) is 14.6. The summed E-state index contributed by atoms with van der Waals surface area (Å²) in [6, 6.07) is 0. The maximum Gasteiger partial charge on any atom is 0.0584 e. The van der Waals surface area contributed by atoms with Gasteiger partial charge in [-0.3, -0.25) is 0 Å². The molecule has 15 heteroatoms. The number of unbranched alkanes of at least 4 members (excludes halogenated alkanes) is 3. The van der Waals surface area contributed by atoms with Gasteiger partial charge in [0.05, 0.1) is 6.61 Å². The lowest BCUT2D eigenvalue weighted by Gasteiger charge is -1.90. The first-order valence-corrected chi connectivity index (χ1v) is 20.6. The quantitative estimate of drug-likeness (QED) is 0.0745. The van der Waals surface area contributed by atoms with Crippen LogP contribution in [-0.4, -0.2) is 138 Å². The van der Waals surface area contributed by atoms with Crippen LogP contribution < -0.4 is 62.2 Å². The van der Waals surface area contributed by atoms with Crippen LogP contribution in [0.2, 0.25) is 0 Å². The Balaban J connectivity index is -0.0000000511. The Morgan fingerprint density at radius 1 is 0.417 bits per heavy atom. The zero-order chi connectivity index (χ0) is 39.2. The molecule has 0 amide bonds. The van der Waals surface area contributed by atoms with Crippen molar-refractivity contribution in [1.82, 2.24) is 10.6 Å². The molecule has 0 saturated carbocycles. The fourth-order valence-corrected chi connectivity index (χ4v) is 2.40. The third kappa shape index (κ3) is 210. The van der Waals surface area contributed by atoms with Crippen LogP contribution in [0.5, 0.6) is 0 Å². The molecule has 0 aliphatic rings. The van der Waals surface area contributed by atoms with E-state index in [-0.39, 0.29) is 0 Å². The number of hydrogen-bond acceptors (Lipinski definition) is 15. The summed E-state index contributed by atoms with van der Waals surface area (Å²) in [7, 11) is 7.12. The predicted molar refractivity (Wildman–Crippen MR) is 228 cm³/mol. The fraction of sp³-hybridized carbons (Fsp3) is 1.00. The summed E-state index contributed by atoms with van der Waals surface area (Å²) in [4.78, 5) is 0. The molecule has 0 fully saturated rings. The SMILES string of the molecule is CCCCCN.CCCCN.CCCN.CNCCCN.CNCCN.COCCCN.COCCN.CSCCCN.CSCCN. The van der Waals surface area contributed by atoms with Gasteiger partial charge < -0.3 is 71.7 Å². The van der Waals surface area contributed by atoms with Crippen molar-refractivity contribution in [3.8, 4) is 0 Å². The van der Waals surface area contributed by atoms with Crippen LogP contribution in [0, 0.1) is 0 Å². The molecule has 0 aliphatic carbocycles. The van der Waals surface area contributed by atoms with Crippen LogP contribution in [0.4, 0.5) is 0 Å². The smallest absolute Gasteiger partial charge is 0.0584 e. The minimum atomic E-state index is 0.622. The lowest BCUT2D eigenvalue weighted by molar-refractivity contribution is 0.197. The largest absolute Gasteiger partial charge is 0.385 e. The van der Waals surface area contributed by atoms with Gasteiger partial charge in [-0.1, -0.05) is 40.0 Å². The van der Waals surface area contributed by atoms with Gasteiger partial charge in [0.1, 0.15) is 0 Å². The van der Waals surface area contributed by atoms with Crippen molar-refractivity contribution >= 4 is 23.5 Å². The molecule has 0 bridgehead atoms. The average molecular weight is 742 g/mol. The van der Waals surface area contributed by atoms with Crippen LogP contribution in [-0.2, 0) is 9.47 Å². The van der Waals surface area contributed by atoms with Crippen LogP contribution >= 0.6 is 23.5 Å². The molecule has 13 nitrogen and oxygen atoms in total. The fourth-order valence-electron chi connectivity index (χ4n) is 1.71. The molecule has 0 heterocycles. The van der Waals surface area contributed by atoms with E-state index in [2.05, 4.69) is 42.4 Å². The van der Waals surface area contributed by atoms with E-state index in [9.17, 15) is 0 Å². The van der Waals surface area contributed by atoms with E-state index in [1.807, 2.05) is 32.1 Å². The van der Waals surface area contributed by atoms with Crippen LogP contribution in [0.1, 0.15) is 78.6 Å². The molecule has 0 rings (SSSR count). The minimum Gasteiger partial charge on any atom is -0.385 e. The summed E-state index contributed by atoms with van der Waals surface area (Å²) in [5, 5.41) is 5.88. The first kappa shape index (κ1) is 69.9. The summed E-state index contributed by atoms with van der Waals surface area (Å²) >= 11 is 3.62. The number of methoxy groups -OCH3 is 2. The molecule has 0 aromatic rings. The van der Waals surface area contributed by atoms with E-state index in [1.165, 1.54) is 37.9 Å². The van der Waals surface area contributed by atoms with Crippen molar-refractivity contribution in [2.45, 2.75) is 78.6 Å². The maximum atomic E-state index is 5.21. The highest BCUT2D eigenvalue weighted by atomic mass is 32.2. The minimum absolute atomic E-state index is 0.622. The number of hydrogen-bond donors (Lipinski definition) is 11. The Labute approximate surface area is 310 Å². The summed E-state index contributed by atoms with van der Waals surface area (Å²) < 4.78 is 9.27. The molecule has 0 radical (unpaired) electrons. The third-order valence-corrected chi connectivity index (χ3v) is 5.77. The number of likely N-dealkylation sites (N-methyl/N-ethyl adjacent to an activating group) is 1. The topological polar surface area (TPSA) is 277 Å². The van der Waals surface area contributed by atoms with Gasteiger partial charge in [-0.25, -0.2) is 0 Å². The number of rotatable bonds is 21. The molecule has 20 N–H and O–H groups in total. The molecule has 0 unspecified atom stereocenters. The van der Waals surface area contributed by atoms with Gasteiger partial charge in [0, 0.05) is 52.8 Å². The highest BCUT2D eigenvalue weighted by molar-refractivity contribution is 7.98. The highest BCUT2D eigenvalue weighted by Gasteiger charge is 1.76. The predicted octanol–water partition coefficient (Wildman–Crippen LogP) is 1.53. The van der Waals surface area contributed by atoms with Crippen LogP contribution in [0.3, 0.4) is 0 Å². The van der Waals surface area contributed by atoms with Gasteiger partial charge in [0.15, 0.2) is 0 Å². The maximum absolute atomic E-state index is 5.21. The Morgan fingerprint density at radius 2 is 0.854 bits per heavy atom. The Kier molecular flexibility index (Phi) is 161. The van der Waals surface area contributed by atoms with Gasteiger partial charge in [0.2, 0.25) is 0 Å². The highest BCUT2D eigenvalue weighted by Crippen LogP contribution is 1.91. The molecule has 0 aromatic carbocycles. The van der Waals surface area contributed by atoms with Crippen molar-refractivity contribution < 1.29 is 9.47 Å². The molecule has 0 atom stereocenters.